The highest BCUT2D eigenvalue weighted by molar-refractivity contribution is 7.71. The van der Waals surface area contributed by atoms with Crippen molar-refractivity contribution in [1.82, 2.24) is 14.3 Å². The molecule has 0 unspecified atom stereocenters. The van der Waals surface area contributed by atoms with E-state index in [-0.39, 0.29) is 5.56 Å². The second-order valence-corrected chi connectivity index (χ2v) is 5.14. The molecule has 2 aromatic heterocycles. The molecule has 1 N–H and O–H groups in total. The number of methoxy groups -OCH3 is 1. The maximum atomic E-state index is 12.4. The average Bonchev–Trinajstić information content (AvgIpc) is 2.95. The van der Waals surface area contributed by atoms with Gasteiger partial charge in [0.1, 0.15) is 11.1 Å². The summed E-state index contributed by atoms with van der Waals surface area (Å²) >= 11 is 5.18. The summed E-state index contributed by atoms with van der Waals surface area (Å²) in [5.41, 5.74) is 0.810. The number of hydrogen-bond acceptors (Lipinski definition) is 6. The Hall–Kier alpha value is -2.61. The summed E-state index contributed by atoms with van der Waals surface area (Å²) in [7, 11) is 4.93. The van der Waals surface area contributed by atoms with Gasteiger partial charge >= 0.3 is 0 Å². The van der Waals surface area contributed by atoms with Crippen LogP contribution in [0.4, 0.5) is 11.5 Å². The highest BCUT2D eigenvalue weighted by Gasteiger charge is 2.17. The first kappa shape index (κ1) is 14.3. The molecule has 0 bridgehead atoms. The minimum atomic E-state index is -0.259. The number of nitrogens with zero attached hydrogens (tertiary/aromatic N) is 3. The Morgan fingerprint density at radius 3 is 2.82 bits per heavy atom. The Kier molecular flexibility index (Phi) is 3.45. The van der Waals surface area contributed by atoms with Crippen LogP contribution in [0.1, 0.15) is 0 Å². The predicted molar refractivity (Wildman–Crippen MR) is 85.3 cm³/mol. The van der Waals surface area contributed by atoms with Crippen molar-refractivity contribution in [3.63, 3.8) is 0 Å². The van der Waals surface area contributed by atoms with E-state index in [1.165, 1.54) is 4.57 Å². The summed E-state index contributed by atoms with van der Waals surface area (Å²) in [4.78, 5) is 12.4. The molecule has 0 saturated carbocycles. The topological polar surface area (TPSA) is 74.2 Å². The number of nitrogens with one attached hydrogen (secondary N) is 1. The Labute approximate surface area is 130 Å². The van der Waals surface area contributed by atoms with Gasteiger partial charge in [0.05, 0.1) is 7.11 Å². The summed E-state index contributed by atoms with van der Waals surface area (Å²) < 4.78 is 13.8. The lowest BCUT2D eigenvalue weighted by atomic mass is 10.3. The third-order valence-electron chi connectivity index (χ3n) is 3.40. The number of hydrogen-bond donors (Lipinski definition) is 1. The van der Waals surface area contributed by atoms with Gasteiger partial charge in [-0.05, 0) is 24.4 Å². The number of rotatable bonds is 3. The van der Waals surface area contributed by atoms with E-state index in [0.717, 1.165) is 5.69 Å². The second-order valence-electron chi connectivity index (χ2n) is 4.77. The Bertz CT molecular complexity index is 970. The van der Waals surface area contributed by atoms with Gasteiger partial charge in [-0.25, -0.2) is 0 Å². The normalized spacial score (nSPS) is 10.9. The summed E-state index contributed by atoms with van der Waals surface area (Å²) in [5, 5.41) is 7.36. The first-order chi connectivity index (χ1) is 10.5. The fourth-order valence-electron chi connectivity index (χ4n) is 2.19. The van der Waals surface area contributed by atoms with Crippen molar-refractivity contribution >= 4 is 34.8 Å². The molecule has 0 atom stereocenters. The zero-order valence-electron chi connectivity index (χ0n) is 12.3. The molecule has 0 saturated heterocycles. The molecule has 0 aliphatic heterocycles. The molecule has 2 heterocycles. The molecule has 3 rings (SSSR count). The maximum Gasteiger partial charge on any atom is 0.269 e. The van der Waals surface area contributed by atoms with E-state index in [9.17, 15) is 4.79 Å². The molecule has 0 aliphatic rings. The molecule has 0 spiro atoms. The monoisotopic (exact) mass is 318 g/mol. The average molecular weight is 318 g/mol. The van der Waals surface area contributed by atoms with Crippen LogP contribution < -0.4 is 15.6 Å². The molecular formula is C14H14N4O3S. The van der Waals surface area contributed by atoms with Crippen molar-refractivity contribution < 1.29 is 9.26 Å². The largest absolute Gasteiger partial charge is 0.497 e. The molecule has 8 heteroatoms. The van der Waals surface area contributed by atoms with Crippen LogP contribution in [0.2, 0.25) is 0 Å². The first-order valence-corrected chi connectivity index (χ1v) is 6.90. The number of aryl methyl sites for hydroxylation is 1. The van der Waals surface area contributed by atoms with Crippen LogP contribution in [0.5, 0.6) is 5.75 Å². The molecule has 7 nitrogen and oxygen atoms in total. The summed E-state index contributed by atoms with van der Waals surface area (Å²) in [6, 6.07) is 7.30. The van der Waals surface area contributed by atoms with Gasteiger partial charge in [-0.1, -0.05) is 11.2 Å². The van der Waals surface area contributed by atoms with Crippen molar-refractivity contribution in [3.8, 4) is 5.75 Å². The lowest BCUT2D eigenvalue weighted by Gasteiger charge is -2.06. The van der Waals surface area contributed by atoms with Crippen molar-refractivity contribution in [1.29, 1.82) is 0 Å². The van der Waals surface area contributed by atoms with Gasteiger partial charge in [0.15, 0.2) is 10.6 Å². The van der Waals surface area contributed by atoms with Crippen molar-refractivity contribution in [2.75, 3.05) is 12.4 Å². The summed E-state index contributed by atoms with van der Waals surface area (Å²) in [5.74, 6) is 1.04. The summed E-state index contributed by atoms with van der Waals surface area (Å²) in [6.45, 7) is 0. The van der Waals surface area contributed by atoms with Gasteiger partial charge < -0.3 is 14.6 Å². The van der Waals surface area contributed by atoms with Gasteiger partial charge in [0.2, 0.25) is 5.71 Å². The Morgan fingerprint density at radius 2 is 2.09 bits per heavy atom. The number of fused-ring (bicyclic) bond motifs is 1. The van der Waals surface area contributed by atoms with Crippen LogP contribution >= 0.6 is 12.2 Å². The van der Waals surface area contributed by atoms with Gasteiger partial charge in [-0.2, -0.15) is 0 Å². The highest BCUT2D eigenvalue weighted by atomic mass is 32.1. The van der Waals surface area contributed by atoms with Crippen LogP contribution in [-0.2, 0) is 14.1 Å². The molecule has 0 amide bonds. The van der Waals surface area contributed by atoms with Gasteiger partial charge in [0, 0.05) is 25.8 Å². The smallest absolute Gasteiger partial charge is 0.269 e. The van der Waals surface area contributed by atoms with Gasteiger partial charge in [0.25, 0.3) is 5.56 Å². The third kappa shape index (κ3) is 2.17. The zero-order chi connectivity index (χ0) is 15.9. The van der Waals surface area contributed by atoms with E-state index >= 15 is 0 Å². The van der Waals surface area contributed by atoms with E-state index in [4.69, 9.17) is 21.5 Å². The lowest BCUT2D eigenvalue weighted by Crippen LogP contribution is -2.21. The standard InChI is InChI=1S/C14H14N4O3S/c1-17-12(19)10-11(16-21-13(10)18(2)14(17)22)15-8-5-4-6-9(7-8)20-3/h4-7H,1-3H3,(H,15,16). The lowest BCUT2D eigenvalue weighted by molar-refractivity contribution is 0.415. The predicted octanol–water partition coefficient (Wildman–Crippen LogP) is 2.35. The molecule has 114 valence electrons. The molecule has 0 fully saturated rings. The Balaban J connectivity index is 2.16. The number of benzene rings is 1. The van der Waals surface area contributed by atoms with E-state index in [1.54, 1.807) is 31.8 Å². The van der Waals surface area contributed by atoms with Crippen LogP contribution in [0.15, 0.2) is 33.6 Å². The van der Waals surface area contributed by atoms with E-state index < -0.39 is 0 Å². The number of ether oxygens (including phenoxy) is 1. The minimum absolute atomic E-state index is 0.259. The summed E-state index contributed by atoms with van der Waals surface area (Å²) in [6.07, 6.45) is 0. The SMILES string of the molecule is COc1cccc(Nc2noc3c2c(=O)n(C)c(=S)n3C)c1. The third-order valence-corrected chi connectivity index (χ3v) is 3.95. The minimum Gasteiger partial charge on any atom is -0.497 e. The fraction of sp³-hybridized carbons (Fsp3) is 0.214. The van der Waals surface area contributed by atoms with Crippen LogP contribution in [0.3, 0.4) is 0 Å². The van der Waals surface area contributed by atoms with Crippen molar-refractivity contribution in [3.05, 3.63) is 39.4 Å². The number of aromatic nitrogens is 3. The van der Waals surface area contributed by atoms with E-state index in [1.807, 2.05) is 18.2 Å². The molecule has 1 aromatic carbocycles. The highest BCUT2D eigenvalue weighted by Crippen LogP contribution is 2.25. The molecule has 22 heavy (non-hydrogen) atoms. The van der Waals surface area contributed by atoms with Crippen LogP contribution in [0, 0.1) is 4.77 Å². The molecule has 0 aliphatic carbocycles. The van der Waals surface area contributed by atoms with E-state index in [0.29, 0.717) is 27.4 Å². The van der Waals surface area contributed by atoms with Crippen molar-refractivity contribution in [2.24, 2.45) is 14.1 Å². The maximum absolute atomic E-state index is 12.4. The second kappa shape index (κ2) is 5.30. The molecule has 3 aromatic rings. The first-order valence-electron chi connectivity index (χ1n) is 6.49. The van der Waals surface area contributed by atoms with Crippen molar-refractivity contribution in [2.45, 2.75) is 0 Å². The van der Waals surface area contributed by atoms with Gasteiger partial charge in [-0.15, -0.1) is 0 Å². The Morgan fingerprint density at radius 1 is 1.32 bits per heavy atom. The van der Waals surface area contributed by atoms with Crippen LogP contribution in [-0.4, -0.2) is 21.4 Å². The quantitative estimate of drug-likeness (QED) is 0.747. The molecular weight excluding hydrogens is 304 g/mol. The number of anilines is 2. The van der Waals surface area contributed by atoms with E-state index in [2.05, 4.69) is 10.5 Å². The zero-order valence-corrected chi connectivity index (χ0v) is 13.1. The van der Waals surface area contributed by atoms with Crippen LogP contribution in [0.25, 0.3) is 11.1 Å². The van der Waals surface area contributed by atoms with Gasteiger partial charge in [-0.3, -0.25) is 13.9 Å². The molecule has 0 radical (unpaired) electrons. The fourth-order valence-corrected chi connectivity index (χ4v) is 2.36.